The number of fused-ring (bicyclic) bond motifs is 6. The van der Waals surface area contributed by atoms with Crippen LogP contribution in [0.3, 0.4) is 0 Å². The Morgan fingerprint density at radius 2 is 0.833 bits per heavy atom. The first kappa shape index (κ1) is 30.9. The van der Waals surface area contributed by atoms with Gasteiger partial charge in [-0.3, -0.25) is 0 Å². The highest BCUT2D eigenvalue weighted by atomic mass is 15.1. The lowest BCUT2D eigenvalue weighted by molar-refractivity contribution is 0.663. The summed E-state index contributed by atoms with van der Waals surface area (Å²) in [6, 6.07) is 69.6. The second-order valence-electron chi connectivity index (χ2n) is 15.3. The van der Waals surface area contributed by atoms with E-state index < -0.39 is 0 Å². The normalized spacial score (nSPS) is 13.1. The number of benzene rings is 10. The third-order valence-electron chi connectivity index (χ3n) is 11.9. The molecule has 1 heteroatoms. The van der Waals surface area contributed by atoms with Crippen molar-refractivity contribution < 1.29 is 0 Å². The van der Waals surface area contributed by atoms with Crippen molar-refractivity contribution in [2.75, 3.05) is 4.90 Å². The Kier molecular flexibility index (Phi) is 6.66. The van der Waals surface area contributed by atoms with E-state index in [1.807, 2.05) is 0 Å². The maximum absolute atomic E-state index is 2.45. The summed E-state index contributed by atoms with van der Waals surface area (Å²) >= 11 is 0. The van der Waals surface area contributed by atoms with Gasteiger partial charge in [0.15, 0.2) is 0 Å². The summed E-state index contributed by atoms with van der Waals surface area (Å²) in [5, 5.41) is 13.2. The predicted molar refractivity (Wildman–Crippen MR) is 232 cm³/mol. The van der Waals surface area contributed by atoms with Crippen molar-refractivity contribution in [3.8, 4) is 22.3 Å². The summed E-state index contributed by atoms with van der Waals surface area (Å²) in [6.07, 6.45) is 0. The molecule has 0 fully saturated rings. The Bertz CT molecular complexity index is 3100. The minimum atomic E-state index is -0.0618. The van der Waals surface area contributed by atoms with Crippen LogP contribution in [0.15, 0.2) is 188 Å². The van der Waals surface area contributed by atoms with Crippen LogP contribution in [0.2, 0.25) is 0 Å². The number of rotatable bonds is 5. The van der Waals surface area contributed by atoms with E-state index in [4.69, 9.17) is 0 Å². The van der Waals surface area contributed by atoms with Crippen molar-refractivity contribution in [1.82, 2.24) is 0 Å². The molecule has 0 N–H and O–H groups in total. The Balaban J connectivity index is 1.05. The number of nitrogens with zero attached hydrogens (tertiary/aromatic N) is 1. The maximum atomic E-state index is 2.45. The number of hydrogen-bond acceptors (Lipinski definition) is 1. The van der Waals surface area contributed by atoms with Crippen LogP contribution in [0, 0.1) is 0 Å². The van der Waals surface area contributed by atoms with E-state index in [-0.39, 0.29) is 5.41 Å². The van der Waals surface area contributed by atoms with Gasteiger partial charge in [0.25, 0.3) is 0 Å². The molecule has 10 aromatic carbocycles. The van der Waals surface area contributed by atoms with E-state index in [0.29, 0.717) is 0 Å². The van der Waals surface area contributed by atoms with Crippen LogP contribution in [0.5, 0.6) is 0 Å². The molecule has 0 bridgehead atoms. The molecule has 0 aliphatic heterocycles. The number of para-hydroxylation sites is 1. The highest BCUT2D eigenvalue weighted by Gasteiger charge is 2.34. The molecule has 0 saturated heterocycles. The van der Waals surface area contributed by atoms with E-state index in [0.717, 1.165) is 17.1 Å². The summed E-state index contributed by atoms with van der Waals surface area (Å²) in [4.78, 5) is 2.39. The molecule has 54 heavy (non-hydrogen) atoms. The van der Waals surface area contributed by atoms with Gasteiger partial charge in [0.2, 0.25) is 0 Å². The van der Waals surface area contributed by atoms with Crippen LogP contribution < -0.4 is 4.90 Å². The fourth-order valence-corrected chi connectivity index (χ4v) is 9.33. The topological polar surface area (TPSA) is 3.24 Å². The van der Waals surface area contributed by atoms with Crippen molar-refractivity contribution in [1.29, 1.82) is 0 Å². The van der Waals surface area contributed by atoms with Crippen molar-refractivity contribution in [3.05, 3.63) is 199 Å². The van der Waals surface area contributed by atoms with Gasteiger partial charge in [-0.1, -0.05) is 147 Å². The molecule has 1 aliphatic carbocycles. The highest BCUT2D eigenvalue weighted by Crippen LogP contribution is 2.50. The lowest BCUT2D eigenvalue weighted by atomic mass is 9.81. The molecule has 1 nitrogen and oxygen atoms in total. The summed E-state index contributed by atoms with van der Waals surface area (Å²) in [5.41, 5.74) is 11.0. The quantitative estimate of drug-likeness (QED) is 0.163. The van der Waals surface area contributed by atoms with Crippen molar-refractivity contribution in [2.24, 2.45) is 0 Å². The third-order valence-corrected chi connectivity index (χ3v) is 11.9. The smallest absolute Gasteiger partial charge is 0.0467 e. The minimum absolute atomic E-state index is 0.0618. The highest BCUT2D eigenvalue weighted by molar-refractivity contribution is 6.25. The molecule has 0 heterocycles. The average molecular weight is 688 g/mol. The largest absolute Gasteiger partial charge is 0.310 e. The van der Waals surface area contributed by atoms with Gasteiger partial charge in [-0.25, -0.2) is 0 Å². The Morgan fingerprint density at radius 1 is 0.315 bits per heavy atom. The molecule has 0 amide bonds. The van der Waals surface area contributed by atoms with Crippen LogP contribution in [0.25, 0.3) is 76.1 Å². The summed E-state index contributed by atoms with van der Waals surface area (Å²) in [5.74, 6) is 0. The van der Waals surface area contributed by atoms with Gasteiger partial charge < -0.3 is 4.90 Å². The van der Waals surface area contributed by atoms with Crippen LogP contribution >= 0.6 is 0 Å². The lowest BCUT2D eigenvalue weighted by Crippen LogP contribution is -2.15. The minimum Gasteiger partial charge on any atom is -0.310 e. The first-order valence-corrected chi connectivity index (χ1v) is 18.9. The molecule has 11 rings (SSSR count). The van der Waals surface area contributed by atoms with Crippen LogP contribution in [-0.4, -0.2) is 0 Å². The van der Waals surface area contributed by atoms with Crippen molar-refractivity contribution >= 4 is 70.9 Å². The zero-order valence-corrected chi connectivity index (χ0v) is 30.3. The lowest BCUT2D eigenvalue weighted by Gasteiger charge is -2.27. The Labute approximate surface area is 315 Å². The number of hydrogen-bond donors (Lipinski definition) is 0. The fraction of sp³-hybridized carbons (Fsp3) is 0.0566. The van der Waals surface area contributed by atoms with Crippen molar-refractivity contribution in [3.63, 3.8) is 0 Å². The molecule has 0 aromatic heterocycles. The molecular weight excluding hydrogens is 651 g/mol. The van der Waals surface area contributed by atoms with Gasteiger partial charge in [0.05, 0.1) is 0 Å². The SMILES string of the molecule is CC1(C)c2cccc3ccc4cc(-c5cccc(N(c6ccccc6)c6cccc(-c7ccc8c9ccccc9c9ccccc9c8c7)c6)c5)cc1c4c23. The second-order valence-corrected chi connectivity index (χ2v) is 15.3. The van der Waals surface area contributed by atoms with Gasteiger partial charge in [-0.15, -0.1) is 0 Å². The van der Waals surface area contributed by atoms with Crippen molar-refractivity contribution in [2.45, 2.75) is 19.3 Å². The van der Waals surface area contributed by atoms with E-state index >= 15 is 0 Å². The van der Waals surface area contributed by atoms with Gasteiger partial charge in [-0.05, 0) is 142 Å². The summed E-state index contributed by atoms with van der Waals surface area (Å²) in [6.45, 7) is 4.75. The molecule has 0 atom stereocenters. The van der Waals surface area contributed by atoms with Crippen LogP contribution in [0.1, 0.15) is 25.0 Å². The van der Waals surface area contributed by atoms with E-state index in [2.05, 4.69) is 207 Å². The molecule has 1 aliphatic rings. The van der Waals surface area contributed by atoms with Gasteiger partial charge in [0.1, 0.15) is 0 Å². The standard InChI is InChI=1S/C53H37N/c1-53(2)49-24-12-13-34-25-26-38-29-39(33-50(53)52(38)51(34)49)36-15-11-19-42(31-36)54(40-16-4-3-5-17-40)41-18-10-14-35(30-41)37-27-28-47-45-22-7-6-20-43(45)44-21-8-9-23-46(44)48(47)32-37/h3-33H,1-2H3. The van der Waals surface area contributed by atoms with E-state index in [1.54, 1.807) is 0 Å². The molecule has 0 radical (unpaired) electrons. The predicted octanol–water partition coefficient (Wildman–Crippen LogP) is 14.9. The number of anilines is 3. The van der Waals surface area contributed by atoms with Crippen LogP contribution in [-0.2, 0) is 5.41 Å². The maximum Gasteiger partial charge on any atom is 0.0467 e. The first-order chi connectivity index (χ1) is 26.5. The molecule has 0 spiro atoms. The molecule has 0 saturated carbocycles. The summed E-state index contributed by atoms with van der Waals surface area (Å²) in [7, 11) is 0. The van der Waals surface area contributed by atoms with E-state index in [1.165, 1.54) is 87.2 Å². The summed E-state index contributed by atoms with van der Waals surface area (Å²) < 4.78 is 0. The second kappa shape index (κ2) is 11.7. The first-order valence-electron chi connectivity index (χ1n) is 18.9. The average Bonchev–Trinajstić information content (AvgIpc) is 3.47. The molecule has 0 unspecified atom stereocenters. The Morgan fingerprint density at radius 3 is 1.52 bits per heavy atom. The zero-order chi connectivity index (χ0) is 36.0. The zero-order valence-electron chi connectivity index (χ0n) is 30.3. The van der Waals surface area contributed by atoms with Crippen LogP contribution in [0.4, 0.5) is 17.1 Å². The van der Waals surface area contributed by atoms with E-state index in [9.17, 15) is 0 Å². The Hall–Kier alpha value is -6.70. The van der Waals surface area contributed by atoms with Gasteiger partial charge in [0, 0.05) is 22.5 Å². The third kappa shape index (κ3) is 4.58. The molecule has 254 valence electrons. The fourth-order valence-electron chi connectivity index (χ4n) is 9.33. The molecule has 10 aromatic rings. The molecular formula is C53H37N. The monoisotopic (exact) mass is 687 g/mol. The van der Waals surface area contributed by atoms with Gasteiger partial charge >= 0.3 is 0 Å². The van der Waals surface area contributed by atoms with Gasteiger partial charge in [-0.2, -0.15) is 0 Å².